The monoisotopic (exact) mass is 1470 g/mol. The number of carbonyl (C=O) groups excluding carboxylic acids is 4. The molecule has 0 radical (unpaired) electrons. The molecule has 0 spiro atoms. The lowest BCUT2D eigenvalue weighted by atomic mass is 9.99. The highest BCUT2D eigenvalue weighted by molar-refractivity contribution is 7.47. The Morgan fingerprint density at radius 3 is 0.710 bits per heavy atom. The first-order valence-corrected chi connectivity index (χ1v) is 45.1. The fourth-order valence-electron chi connectivity index (χ4n) is 12.5. The van der Waals surface area contributed by atoms with E-state index in [1.165, 1.54) is 244 Å². The zero-order valence-electron chi connectivity index (χ0n) is 65.5. The summed E-state index contributed by atoms with van der Waals surface area (Å²) in [6.07, 6.45) is 62.4. The Bertz CT molecular complexity index is 1930. The van der Waals surface area contributed by atoms with E-state index in [9.17, 15) is 43.2 Å². The van der Waals surface area contributed by atoms with Gasteiger partial charge in [0.25, 0.3) is 0 Å². The molecule has 0 amide bonds. The number of rotatable bonds is 80. The van der Waals surface area contributed by atoms with E-state index in [2.05, 4.69) is 41.5 Å². The largest absolute Gasteiger partial charge is 0.472 e. The van der Waals surface area contributed by atoms with Crippen molar-refractivity contribution in [2.45, 2.75) is 445 Å². The molecular weight excluding hydrogens is 1310 g/mol. The lowest BCUT2D eigenvalue weighted by Gasteiger charge is -2.21. The molecule has 0 aromatic heterocycles. The van der Waals surface area contributed by atoms with Crippen LogP contribution in [0.1, 0.15) is 427 Å². The first kappa shape index (κ1) is 98.1. The summed E-state index contributed by atoms with van der Waals surface area (Å²) in [5.74, 6) is -0.498. The minimum absolute atomic E-state index is 0.107. The Kier molecular flexibility index (Phi) is 71.2. The Hall–Kier alpha value is -1.94. The maximum absolute atomic E-state index is 13.1. The molecule has 0 heterocycles. The van der Waals surface area contributed by atoms with Crippen molar-refractivity contribution in [1.82, 2.24) is 0 Å². The van der Waals surface area contributed by atoms with E-state index in [-0.39, 0.29) is 25.7 Å². The van der Waals surface area contributed by atoms with Gasteiger partial charge in [-0.25, -0.2) is 9.13 Å². The molecule has 19 heteroatoms. The van der Waals surface area contributed by atoms with E-state index in [1.54, 1.807) is 0 Å². The third-order valence-electron chi connectivity index (χ3n) is 19.7. The van der Waals surface area contributed by atoms with Crippen molar-refractivity contribution < 1.29 is 80.2 Å². The molecule has 0 rings (SSSR count). The third kappa shape index (κ3) is 71.7. The number of phosphoric acid groups is 2. The zero-order valence-corrected chi connectivity index (χ0v) is 67.3. The third-order valence-corrected chi connectivity index (χ3v) is 21.6. The number of esters is 4. The standard InChI is InChI=1S/C81H158O17P2/c1-7-11-13-15-17-19-21-22-23-24-25-26-27-28-29-30-31-32-41-47-53-59-65-80(85)97-77(70-92-79(84)64-58-52-46-40-35-33-37-43-49-55-61-73(5)9-3)72-96-100(89,90)94-68-75(82)67-93-99(87,88)95-71-76(69-91-78(83)63-57-51-45-39-20-18-16-14-12-8-2)98-81(86)66-60-54-48-42-36-34-38-44-50-56-62-74(6)10-4/h73-77,82H,7-72H2,1-6H3,(H,87,88)(H,89,90)/t73?,74?,75-,76+,77+/m0/s1. The minimum Gasteiger partial charge on any atom is -0.462 e. The van der Waals surface area contributed by atoms with E-state index in [0.717, 1.165) is 102 Å². The van der Waals surface area contributed by atoms with Gasteiger partial charge in [0.15, 0.2) is 12.2 Å². The van der Waals surface area contributed by atoms with Crippen LogP contribution in [0.25, 0.3) is 0 Å². The van der Waals surface area contributed by atoms with Crippen molar-refractivity contribution >= 4 is 39.5 Å². The van der Waals surface area contributed by atoms with Gasteiger partial charge >= 0.3 is 39.5 Å². The molecule has 0 bridgehead atoms. The smallest absolute Gasteiger partial charge is 0.462 e. The van der Waals surface area contributed by atoms with Crippen LogP contribution in [0.4, 0.5) is 0 Å². The molecule has 0 aromatic rings. The van der Waals surface area contributed by atoms with E-state index in [1.807, 2.05) is 0 Å². The van der Waals surface area contributed by atoms with Crippen LogP contribution in [0.2, 0.25) is 0 Å². The molecule has 0 aromatic carbocycles. The predicted molar refractivity (Wildman–Crippen MR) is 409 cm³/mol. The molecule has 3 N–H and O–H groups in total. The number of hydrogen-bond acceptors (Lipinski definition) is 15. The van der Waals surface area contributed by atoms with Crippen LogP contribution < -0.4 is 0 Å². The van der Waals surface area contributed by atoms with E-state index < -0.39 is 97.5 Å². The van der Waals surface area contributed by atoms with Crippen LogP contribution in [0.3, 0.4) is 0 Å². The molecule has 0 saturated carbocycles. The lowest BCUT2D eigenvalue weighted by molar-refractivity contribution is -0.161. The molecule has 100 heavy (non-hydrogen) atoms. The van der Waals surface area contributed by atoms with Gasteiger partial charge in [0.2, 0.25) is 0 Å². The van der Waals surface area contributed by atoms with E-state index >= 15 is 0 Å². The molecule has 4 unspecified atom stereocenters. The van der Waals surface area contributed by atoms with Gasteiger partial charge in [-0.15, -0.1) is 0 Å². The topological polar surface area (TPSA) is 237 Å². The van der Waals surface area contributed by atoms with Crippen LogP contribution in [0.5, 0.6) is 0 Å². The fraction of sp³-hybridized carbons (Fsp3) is 0.951. The number of ether oxygens (including phenoxy) is 4. The molecule has 0 aliphatic heterocycles. The average molecular weight is 1470 g/mol. The molecular formula is C81H158O17P2. The number of unbranched alkanes of at least 4 members (excludes halogenated alkanes) is 48. The lowest BCUT2D eigenvalue weighted by Crippen LogP contribution is -2.30. The van der Waals surface area contributed by atoms with Crippen LogP contribution in [-0.2, 0) is 65.4 Å². The van der Waals surface area contributed by atoms with Gasteiger partial charge < -0.3 is 33.8 Å². The summed E-state index contributed by atoms with van der Waals surface area (Å²) in [4.78, 5) is 73.0. The Balaban J connectivity index is 5.21. The highest BCUT2D eigenvalue weighted by Gasteiger charge is 2.30. The maximum Gasteiger partial charge on any atom is 0.472 e. The first-order valence-electron chi connectivity index (χ1n) is 42.1. The molecule has 17 nitrogen and oxygen atoms in total. The maximum atomic E-state index is 13.1. The minimum atomic E-state index is -4.96. The van der Waals surface area contributed by atoms with Gasteiger partial charge in [0.1, 0.15) is 19.3 Å². The molecule has 7 atom stereocenters. The van der Waals surface area contributed by atoms with E-state index in [4.69, 9.17) is 37.0 Å². The van der Waals surface area contributed by atoms with Crippen LogP contribution >= 0.6 is 15.6 Å². The SMILES string of the molecule is CCCCCCCCCCCCCCCCCCCCCCCCC(=O)O[C@H](COC(=O)CCCCCCCCCCCCC(C)CC)COP(=O)(O)OC[C@@H](O)COP(=O)(O)OC[C@@H](COC(=O)CCCCCCCCCCCC)OC(=O)CCCCCCCCCCCCC(C)CC. The van der Waals surface area contributed by atoms with Crippen molar-refractivity contribution in [3.05, 3.63) is 0 Å². The van der Waals surface area contributed by atoms with Crippen LogP contribution in [0.15, 0.2) is 0 Å². The summed E-state index contributed by atoms with van der Waals surface area (Å²) < 4.78 is 68.7. The summed E-state index contributed by atoms with van der Waals surface area (Å²) >= 11 is 0. The second-order valence-corrected chi connectivity index (χ2v) is 32.6. The average Bonchev–Trinajstić information content (AvgIpc) is 1.02. The molecule has 0 saturated heterocycles. The Morgan fingerprint density at radius 2 is 0.480 bits per heavy atom. The summed E-state index contributed by atoms with van der Waals surface area (Å²) in [7, 11) is -9.92. The van der Waals surface area contributed by atoms with Crippen molar-refractivity contribution in [3.63, 3.8) is 0 Å². The summed E-state index contributed by atoms with van der Waals surface area (Å²) in [6.45, 7) is 9.67. The first-order chi connectivity index (χ1) is 48.4. The summed E-state index contributed by atoms with van der Waals surface area (Å²) in [5, 5.41) is 10.6. The van der Waals surface area contributed by atoms with Crippen molar-refractivity contribution in [1.29, 1.82) is 0 Å². The van der Waals surface area contributed by atoms with Gasteiger partial charge in [0, 0.05) is 25.7 Å². The second-order valence-electron chi connectivity index (χ2n) is 29.6. The van der Waals surface area contributed by atoms with Gasteiger partial charge in [-0.2, -0.15) is 0 Å². The van der Waals surface area contributed by atoms with Gasteiger partial charge in [-0.05, 0) is 37.5 Å². The Labute approximate surface area is 613 Å². The highest BCUT2D eigenvalue weighted by atomic mass is 31.2. The number of phosphoric ester groups is 2. The Morgan fingerprint density at radius 1 is 0.280 bits per heavy atom. The number of aliphatic hydroxyl groups is 1. The normalized spacial score (nSPS) is 14.4. The van der Waals surface area contributed by atoms with Crippen molar-refractivity contribution in [2.75, 3.05) is 39.6 Å². The second kappa shape index (κ2) is 72.6. The summed E-state index contributed by atoms with van der Waals surface area (Å²) in [6, 6.07) is 0. The predicted octanol–water partition coefficient (Wildman–Crippen LogP) is 24.3. The van der Waals surface area contributed by atoms with Crippen molar-refractivity contribution in [2.24, 2.45) is 11.8 Å². The van der Waals surface area contributed by atoms with Crippen LogP contribution in [0, 0.1) is 11.8 Å². The van der Waals surface area contributed by atoms with Gasteiger partial charge in [-0.3, -0.25) is 37.3 Å². The number of hydrogen-bond donors (Lipinski definition) is 3. The molecule has 0 aliphatic carbocycles. The van der Waals surface area contributed by atoms with Crippen molar-refractivity contribution in [3.8, 4) is 0 Å². The number of aliphatic hydroxyl groups excluding tert-OH is 1. The number of carbonyl (C=O) groups is 4. The molecule has 0 aliphatic rings. The van der Waals surface area contributed by atoms with Crippen LogP contribution in [-0.4, -0.2) is 96.7 Å². The van der Waals surface area contributed by atoms with Gasteiger partial charge in [0.05, 0.1) is 26.4 Å². The highest BCUT2D eigenvalue weighted by Crippen LogP contribution is 2.45. The van der Waals surface area contributed by atoms with E-state index in [0.29, 0.717) is 25.7 Å². The fourth-order valence-corrected chi connectivity index (χ4v) is 14.1. The summed E-state index contributed by atoms with van der Waals surface area (Å²) in [5.41, 5.74) is 0. The van der Waals surface area contributed by atoms with Gasteiger partial charge in [-0.1, -0.05) is 375 Å². The molecule has 594 valence electrons. The molecule has 0 fully saturated rings. The quantitative estimate of drug-likeness (QED) is 0.0222. The zero-order chi connectivity index (χ0) is 73.5.